The first kappa shape index (κ1) is 16.8. The molecular weight excluding hydrogens is 360 g/mol. The smallest absolute Gasteiger partial charge is 0.272 e. The highest BCUT2D eigenvalue weighted by molar-refractivity contribution is 7.08. The average molecular weight is 382 g/mol. The van der Waals surface area contributed by atoms with Gasteiger partial charge in [-0.15, -0.1) is 0 Å². The molecule has 3 aliphatic rings. The van der Waals surface area contributed by atoms with Crippen molar-refractivity contribution in [1.82, 2.24) is 20.4 Å². The molecule has 1 atom stereocenters. The lowest BCUT2D eigenvalue weighted by atomic mass is 9.84. The van der Waals surface area contributed by atoms with Gasteiger partial charge in [0.2, 0.25) is 0 Å². The highest BCUT2D eigenvalue weighted by atomic mass is 32.1. The number of carbonyl (C=O) groups excluding carboxylic acids is 1. The maximum Gasteiger partial charge on any atom is 0.272 e. The summed E-state index contributed by atoms with van der Waals surface area (Å²) in [6, 6.07) is 6.09. The first-order valence-corrected chi connectivity index (χ1v) is 10.3. The molecule has 2 bridgehead atoms. The second-order valence-electron chi connectivity index (χ2n) is 7.37. The topological polar surface area (TPSA) is 70.2 Å². The zero-order chi connectivity index (χ0) is 18.4. The van der Waals surface area contributed by atoms with Crippen LogP contribution in [-0.2, 0) is 0 Å². The fraction of sp³-hybridized carbons (Fsp3) is 0.400. The number of aromatic amines is 1. The van der Waals surface area contributed by atoms with E-state index in [1.807, 2.05) is 23.6 Å². The molecule has 140 valence electrons. The van der Waals surface area contributed by atoms with E-state index in [0.29, 0.717) is 11.6 Å². The van der Waals surface area contributed by atoms with Gasteiger partial charge in [0.15, 0.2) is 5.69 Å². The van der Waals surface area contributed by atoms with Gasteiger partial charge < -0.3 is 15.0 Å². The number of methoxy groups -OCH3 is 1. The zero-order valence-corrected chi connectivity index (χ0v) is 16.0. The van der Waals surface area contributed by atoms with E-state index in [1.165, 1.54) is 12.8 Å². The number of nitrogens with one attached hydrogen (secondary N) is 2. The molecule has 1 unspecified atom stereocenters. The molecule has 1 aromatic carbocycles. The second-order valence-corrected chi connectivity index (χ2v) is 8.15. The number of carbonyl (C=O) groups is 1. The van der Waals surface area contributed by atoms with Crippen LogP contribution in [0.2, 0.25) is 0 Å². The van der Waals surface area contributed by atoms with Crippen molar-refractivity contribution in [2.24, 2.45) is 5.92 Å². The number of nitrogens with zero attached hydrogens (tertiary/aromatic N) is 2. The summed E-state index contributed by atoms with van der Waals surface area (Å²) < 4.78 is 5.60. The maximum atomic E-state index is 13.1. The molecule has 1 amide bonds. The molecule has 0 radical (unpaired) electrons. The van der Waals surface area contributed by atoms with E-state index in [4.69, 9.17) is 4.74 Å². The van der Waals surface area contributed by atoms with E-state index in [9.17, 15) is 4.79 Å². The monoisotopic (exact) mass is 382 g/mol. The van der Waals surface area contributed by atoms with E-state index in [2.05, 4.69) is 25.8 Å². The molecule has 3 fully saturated rings. The third-order valence-electron chi connectivity index (χ3n) is 5.91. The Kier molecular flexibility index (Phi) is 4.13. The second kappa shape index (κ2) is 6.65. The molecule has 27 heavy (non-hydrogen) atoms. The van der Waals surface area contributed by atoms with Crippen LogP contribution in [0.4, 0.5) is 0 Å². The van der Waals surface area contributed by atoms with Crippen molar-refractivity contribution in [3.8, 4) is 16.9 Å². The Morgan fingerprint density at radius 3 is 2.85 bits per heavy atom. The molecule has 0 saturated carbocycles. The number of hydrogen-bond acceptors (Lipinski definition) is 5. The lowest BCUT2D eigenvalue weighted by molar-refractivity contribution is 0.0618. The van der Waals surface area contributed by atoms with Gasteiger partial charge in [0.25, 0.3) is 5.91 Å². The van der Waals surface area contributed by atoms with E-state index in [1.54, 1.807) is 18.4 Å². The van der Waals surface area contributed by atoms with Gasteiger partial charge in [0.05, 0.1) is 12.6 Å². The fourth-order valence-corrected chi connectivity index (χ4v) is 5.13. The standard InChI is InChI=1S/C20H22N4O2S/c1-26-16-3-2-14-18(17(16)13-6-9-27-11-13)19(23-22-14)20(25)21-15-10-24-7-4-12(15)5-8-24/h2-3,6,9,11-12,15H,4-5,7-8,10H2,1H3,(H,21,25)(H,22,23). The van der Waals surface area contributed by atoms with Crippen LogP contribution in [0.25, 0.3) is 22.0 Å². The Morgan fingerprint density at radius 1 is 1.33 bits per heavy atom. The van der Waals surface area contributed by atoms with E-state index in [-0.39, 0.29) is 11.9 Å². The van der Waals surface area contributed by atoms with Crippen LogP contribution in [0.1, 0.15) is 23.3 Å². The first-order valence-electron chi connectivity index (χ1n) is 9.35. The largest absolute Gasteiger partial charge is 0.496 e. The van der Waals surface area contributed by atoms with Crippen LogP contribution in [-0.4, -0.2) is 53.8 Å². The van der Waals surface area contributed by atoms with Crippen molar-refractivity contribution in [1.29, 1.82) is 0 Å². The minimum atomic E-state index is -0.107. The lowest BCUT2D eigenvalue weighted by Gasteiger charge is -2.44. The lowest BCUT2D eigenvalue weighted by Crippen LogP contribution is -2.57. The minimum absolute atomic E-state index is 0.107. The number of ether oxygens (including phenoxy) is 1. The molecule has 5 heterocycles. The third-order valence-corrected chi connectivity index (χ3v) is 6.59. The normalized spacial score (nSPS) is 24.3. The summed E-state index contributed by atoms with van der Waals surface area (Å²) >= 11 is 1.62. The number of piperidine rings is 3. The van der Waals surface area contributed by atoms with Crippen LogP contribution in [0.15, 0.2) is 29.0 Å². The Labute approximate surface area is 161 Å². The number of H-pyrrole nitrogens is 1. The summed E-state index contributed by atoms with van der Waals surface area (Å²) in [6.07, 6.45) is 2.33. The summed E-state index contributed by atoms with van der Waals surface area (Å²) in [4.78, 5) is 15.6. The molecule has 0 aliphatic carbocycles. The van der Waals surface area contributed by atoms with E-state index in [0.717, 1.165) is 47.4 Å². The number of amides is 1. The first-order chi connectivity index (χ1) is 13.2. The van der Waals surface area contributed by atoms with Crippen molar-refractivity contribution < 1.29 is 9.53 Å². The Hall–Kier alpha value is -2.38. The maximum absolute atomic E-state index is 13.1. The van der Waals surface area contributed by atoms with Crippen LogP contribution < -0.4 is 10.1 Å². The number of benzene rings is 1. The van der Waals surface area contributed by atoms with Crippen molar-refractivity contribution in [3.63, 3.8) is 0 Å². The summed E-state index contributed by atoms with van der Waals surface area (Å²) in [7, 11) is 1.66. The Balaban J connectivity index is 1.54. The summed E-state index contributed by atoms with van der Waals surface area (Å²) in [6.45, 7) is 3.25. The third kappa shape index (κ3) is 2.82. The molecule has 2 N–H and O–H groups in total. The van der Waals surface area contributed by atoms with Crippen LogP contribution in [0.5, 0.6) is 5.75 Å². The number of hydrogen-bond donors (Lipinski definition) is 2. The molecule has 2 aromatic heterocycles. The molecule has 6 rings (SSSR count). The number of rotatable bonds is 4. The predicted octanol–water partition coefficient (Wildman–Crippen LogP) is 3.12. The van der Waals surface area contributed by atoms with Gasteiger partial charge in [-0.05, 0) is 66.4 Å². The molecule has 0 spiro atoms. The quantitative estimate of drug-likeness (QED) is 0.727. The van der Waals surface area contributed by atoms with Gasteiger partial charge in [0, 0.05) is 23.5 Å². The number of aromatic nitrogens is 2. The van der Waals surface area contributed by atoms with Crippen molar-refractivity contribution >= 4 is 28.1 Å². The summed E-state index contributed by atoms with van der Waals surface area (Å²) in [5.74, 6) is 1.22. The summed E-state index contributed by atoms with van der Waals surface area (Å²) in [5.41, 5.74) is 3.25. The SMILES string of the molecule is COc1ccc2[nH]nc(C(=O)NC3CN4CCC3CC4)c2c1-c1ccsc1. The minimum Gasteiger partial charge on any atom is -0.496 e. The van der Waals surface area contributed by atoms with Gasteiger partial charge >= 0.3 is 0 Å². The molecule has 7 heteroatoms. The molecule has 6 nitrogen and oxygen atoms in total. The van der Waals surface area contributed by atoms with Crippen molar-refractivity contribution in [2.45, 2.75) is 18.9 Å². The molecular formula is C20H22N4O2S. The fourth-order valence-electron chi connectivity index (χ4n) is 4.49. The van der Waals surface area contributed by atoms with Gasteiger partial charge in [-0.3, -0.25) is 9.89 Å². The average Bonchev–Trinajstić information content (AvgIpc) is 3.38. The van der Waals surface area contributed by atoms with Gasteiger partial charge in [0.1, 0.15) is 5.75 Å². The van der Waals surface area contributed by atoms with Crippen LogP contribution in [0.3, 0.4) is 0 Å². The van der Waals surface area contributed by atoms with Gasteiger partial charge in [-0.25, -0.2) is 0 Å². The number of thiophene rings is 1. The van der Waals surface area contributed by atoms with Gasteiger partial charge in [-0.2, -0.15) is 16.4 Å². The zero-order valence-electron chi connectivity index (χ0n) is 15.2. The highest BCUT2D eigenvalue weighted by Crippen LogP contribution is 2.39. The predicted molar refractivity (Wildman–Crippen MR) is 106 cm³/mol. The van der Waals surface area contributed by atoms with Crippen LogP contribution >= 0.6 is 11.3 Å². The van der Waals surface area contributed by atoms with E-state index >= 15 is 0 Å². The summed E-state index contributed by atoms with van der Waals surface area (Å²) in [5, 5.41) is 15.6. The molecule has 3 aromatic rings. The Morgan fingerprint density at radius 2 is 2.19 bits per heavy atom. The van der Waals surface area contributed by atoms with Crippen molar-refractivity contribution in [2.75, 3.05) is 26.7 Å². The van der Waals surface area contributed by atoms with Crippen molar-refractivity contribution in [3.05, 3.63) is 34.7 Å². The highest BCUT2D eigenvalue weighted by Gasteiger charge is 2.35. The van der Waals surface area contributed by atoms with Crippen LogP contribution in [0, 0.1) is 5.92 Å². The molecule has 3 saturated heterocycles. The number of fused-ring (bicyclic) bond motifs is 4. The van der Waals surface area contributed by atoms with Gasteiger partial charge in [-0.1, -0.05) is 0 Å². The van der Waals surface area contributed by atoms with E-state index < -0.39 is 0 Å². The molecule has 3 aliphatic heterocycles. The Bertz CT molecular complexity index is 973.